The fourth-order valence-electron chi connectivity index (χ4n) is 4.74. The van der Waals surface area contributed by atoms with Crippen LogP contribution in [0.5, 0.6) is 0 Å². The number of nitriles is 1. The molecule has 1 atom stereocenters. The van der Waals surface area contributed by atoms with Crippen LogP contribution >= 0.6 is 11.6 Å². The molecule has 1 aliphatic rings. The van der Waals surface area contributed by atoms with Crippen LogP contribution in [0.25, 0.3) is 16.6 Å². The zero-order chi connectivity index (χ0) is 26.8. The topological polar surface area (TPSA) is 155 Å². The molecule has 0 saturated carbocycles. The summed E-state index contributed by atoms with van der Waals surface area (Å²) < 4.78 is 1.51. The summed E-state index contributed by atoms with van der Waals surface area (Å²) in [6, 6.07) is 13.4. The monoisotopic (exact) mass is 529 g/mol. The molecule has 12 heteroatoms. The number of carbonyl (C=O) groups excluding carboxylic acids is 1. The van der Waals surface area contributed by atoms with Gasteiger partial charge >= 0.3 is 6.03 Å². The van der Waals surface area contributed by atoms with Crippen LogP contribution in [0.4, 0.5) is 22.1 Å². The zero-order valence-electron chi connectivity index (χ0n) is 20.5. The van der Waals surface area contributed by atoms with Crippen molar-refractivity contribution in [2.24, 2.45) is 0 Å². The molecule has 5 rings (SSSR count). The number of fused-ring (bicyclic) bond motifs is 1. The van der Waals surface area contributed by atoms with Gasteiger partial charge in [0.15, 0.2) is 5.82 Å². The Morgan fingerprint density at radius 1 is 1.26 bits per heavy atom. The summed E-state index contributed by atoms with van der Waals surface area (Å²) in [4.78, 5) is 41.3. The number of carbonyl (C=O) groups is 1. The molecule has 3 heterocycles. The Morgan fingerprint density at radius 3 is 2.87 bits per heavy atom. The SMILES string of the molecule is CCNC(=O)Nc1cccc(-n2c(C3CCCN3c3ncnc(N)c3C#N)nc3cccc(Cl)c3c2=O)c1. The Kier molecular flexibility index (Phi) is 6.81. The normalized spacial score (nSPS) is 14.9. The fourth-order valence-corrected chi connectivity index (χ4v) is 4.99. The average Bonchev–Trinajstić information content (AvgIpc) is 3.38. The maximum atomic E-state index is 14.0. The summed E-state index contributed by atoms with van der Waals surface area (Å²) in [6.45, 7) is 2.87. The van der Waals surface area contributed by atoms with E-state index in [1.807, 2.05) is 11.8 Å². The maximum absolute atomic E-state index is 14.0. The first kappa shape index (κ1) is 25.0. The summed E-state index contributed by atoms with van der Waals surface area (Å²) in [5.41, 5.74) is 7.26. The van der Waals surface area contributed by atoms with Gasteiger partial charge in [-0.3, -0.25) is 9.36 Å². The highest BCUT2D eigenvalue weighted by Crippen LogP contribution is 2.37. The number of nitrogens with zero attached hydrogens (tertiary/aromatic N) is 6. The molecule has 38 heavy (non-hydrogen) atoms. The van der Waals surface area contributed by atoms with Crippen molar-refractivity contribution in [2.45, 2.75) is 25.8 Å². The lowest BCUT2D eigenvalue weighted by molar-refractivity contribution is 0.252. The van der Waals surface area contributed by atoms with Crippen molar-refractivity contribution in [1.82, 2.24) is 24.8 Å². The molecule has 4 N–H and O–H groups in total. The number of hydrogen-bond acceptors (Lipinski definition) is 8. The van der Waals surface area contributed by atoms with Gasteiger partial charge in [-0.05, 0) is 50.1 Å². The number of hydrogen-bond donors (Lipinski definition) is 3. The number of amides is 2. The van der Waals surface area contributed by atoms with E-state index < -0.39 is 6.04 Å². The Bertz CT molecular complexity index is 1650. The highest BCUT2D eigenvalue weighted by Gasteiger charge is 2.34. The number of nitrogen functional groups attached to an aromatic ring is 1. The predicted molar refractivity (Wildman–Crippen MR) is 146 cm³/mol. The van der Waals surface area contributed by atoms with Crippen LogP contribution in [0.1, 0.15) is 37.2 Å². The lowest BCUT2D eigenvalue weighted by atomic mass is 10.1. The quantitative estimate of drug-likeness (QED) is 0.353. The standard InChI is InChI=1S/C26H24ClN9O2/c1-2-30-26(38)33-15-6-3-7-16(12-15)36-24(34-19-9-4-8-18(27)21(19)25(36)37)20-10-5-11-35(20)23-17(13-28)22(29)31-14-32-23/h3-4,6-9,12,14,20H,2,5,10-11H2,1H3,(H2,29,31,32)(H2,30,33,38). The highest BCUT2D eigenvalue weighted by atomic mass is 35.5. The van der Waals surface area contributed by atoms with Gasteiger partial charge in [0.2, 0.25) is 0 Å². The Morgan fingerprint density at radius 2 is 2.08 bits per heavy atom. The smallest absolute Gasteiger partial charge is 0.319 e. The minimum absolute atomic E-state index is 0.0860. The Hall–Kier alpha value is -4.69. The maximum Gasteiger partial charge on any atom is 0.319 e. The van der Waals surface area contributed by atoms with E-state index in [9.17, 15) is 14.9 Å². The van der Waals surface area contributed by atoms with E-state index >= 15 is 0 Å². The Balaban J connectivity index is 1.72. The fraction of sp³-hybridized carbons (Fsp3) is 0.231. The molecular formula is C26H24ClN9O2. The predicted octanol–water partition coefficient (Wildman–Crippen LogP) is 3.77. The van der Waals surface area contributed by atoms with Crippen LogP contribution in [-0.2, 0) is 0 Å². The van der Waals surface area contributed by atoms with Crippen molar-refractivity contribution in [3.8, 4) is 11.8 Å². The summed E-state index contributed by atoms with van der Waals surface area (Å²) in [5, 5.41) is 15.8. The van der Waals surface area contributed by atoms with E-state index in [-0.39, 0.29) is 33.4 Å². The van der Waals surface area contributed by atoms with Crippen molar-refractivity contribution < 1.29 is 4.79 Å². The summed E-state index contributed by atoms with van der Waals surface area (Å²) in [6.07, 6.45) is 2.75. The second kappa shape index (κ2) is 10.4. The van der Waals surface area contributed by atoms with Crippen molar-refractivity contribution in [1.29, 1.82) is 5.26 Å². The van der Waals surface area contributed by atoms with Crippen LogP contribution in [0.3, 0.4) is 0 Å². The molecule has 2 amide bonds. The van der Waals surface area contributed by atoms with Crippen LogP contribution in [0.2, 0.25) is 5.02 Å². The van der Waals surface area contributed by atoms with Gasteiger partial charge in [0.1, 0.15) is 29.6 Å². The molecule has 1 aliphatic heterocycles. The van der Waals surface area contributed by atoms with Crippen molar-refractivity contribution in [3.05, 3.63) is 75.6 Å². The van der Waals surface area contributed by atoms with Crippen molar-refractivity contribution in [3.63, 3.8) is 0 Å². The number of anilines is 3. The first-order chi connectivity index (χ1) is 18.4. The molecule has 1 saturated heterocycles. The van der Waals surface area contributed by atoms with Gasteiger partial charge < -0.3 is 21.3 Å². The van der Waals surface area contributed by atoms with E-state index in [2.05, 4.69) is 26.7 Å². The number of rotatable bonds is 5. The molecule has 2 aromatic carbocycles. The second-order valence-electron chi connectivity index (χ2n) is 8.70. The Labute approximate surface area is 222 Å². The summed E-state index contributed by atoms with van der Waals surface area (Å²) in [7, 11) is 0. The minimum Gasteiger partial charge on any atom is -0.382 e. The van der Waals surface area contributed by atoms with Gasteiger partial charge in [0.05, 0.1) is 27.7 Å². The van der Waals surface area contributed by atoms with E-state index in [1.165, 1.54) is 10.9 Å². The molecule has 2 aromatic heterocycles. The molecule has 0 spiro atoms. The second-order valence-corrected chi connectivity index (χ2v) is 9.11. The molecule has 0 radical (unpaired) electrons. The van der Waals surface area contributed by atoms with Crippen LogP contribution < -0.4 is 26.8 Å². The first-order valence-corrected chi connectivity index (χ1v) is 12.4. The third-order valence-electron chi connectivity index (χ3n) is 6.36. The molecular weight excluding hydrogens is 506 g/mol. The number of benzene rings is 2. The van der Waals surface area contributed by atoms with Gasteiger partial charge in [0.25, 0.3) is 5.56 Å². The summed E-state index contributed by atoms with van der Waals surface area (Å²) in [5.74, 6) is 0.933. The first-order valence-electron chi connectivity index (χ1n) is 12.1. The third-order valence-corrected chi connectivity index (χ3v) is 6.68. The average molecular weight is 530 g/mol. The van der Waals surface area contributed by atoms with Gasteiger partial charge in [0, 0.05) is 18.8 Å². The van der Waals surface area contributed by atoms with Crippen molar-refractivity contribution >= 4 is 45.9 Å². The molecule has 0 aliphatic carbocycles. The number of urea groups is 1. The summed E-state index contributed by atoms with van der Waals surface area (Å²) >= 11 is 6.45. The van der Waals surface area contributed by atoms with Crippen LogP contribution in [-0.4, -0.2) is 38.6 Å². The van der Waals surface area contributed by atoms with Crippen molar-refractivity contribution in [2.75, 3.05) is 29.0 Å². The molecule has 11 nitrogen and oxygen atoms in total. The molecule has 1 fully saturated rings. The molecule has 192 valence electrons. The molecule has 1 unspecified atom stereocenters. The minimum atomic E-state index is -0.396. The largest absolute Gasteiger partial charge is 0.382 e. The molecule has 0 bridgehead atoms. The highest BCUT2D eigenvalue weighted by molar-refractivity contribution is 6.35. The van der Waals surface area contributed by atoms with Gasteiger partial charge in [-0.25, -0.2) is 19.7 Å². The lowest BCUT2D eigenvalue weighted by Crippen LogP contribution is -2.32. The number of nitrogens with one attached hydrogen (secondary N) is 2. The van der Waals surface area contributed by atoms with Gasteiger partial charge in [-0.15, -0.1) is 0 Å². The number of nitrogens with two attached hydrogens (primary N) is 1. The lowest BCUT2D eigenvalue weighted by Gasteiger charge is -2.28. The number of halogens is 1. The van der Waals surface area contributed by atoms with E-state index in [1.54, 1.807) is 42.5 Å². The molecule has 4 aromatic rings. The van der Waals surface area contributed by atoms with E-state index in [0.717, 1.165) is 6.42 Å². The zero-order valence-corrected chi connectivity index (χ0v) is 21.2. The third kappa shape index (κ3) is 4.46. The van der Waals surface area contributed by atoms with E-state index in [0.29, 0.717) is 48.0 Å². The van der Waals surface area contributed by atoms with Gasteiger partial charge in [-0.2, -0.15) is 5.26 Å². The van der Waals surface area contributed by atoms with Crippen LogP contribution in [0, 0.1) is 11.3 Å². The van der Waals surface area contributed by atoms with E-state index in [4.69, 9.17) is 22.3 Å². The van der Waals surface area contributed by atoms with Crippen LogP contribution in [0.15, 0.2) is 53.6 Å². The number of aromatic nitrogens is 4. The van der Waals surface area contributed by atoms with Gasteiger partial charge in [-0.1, -0.05) is 23.7 Å².